The number of hydrogen-bond donors (Lipinski definition) is 1. The smallest absolute Gasteiger partial charge is 0.159 e. The average molecular weight is 310 g/mol. The lowest BCUT2D eigenvalue weighted by atomic mass is 10.2. The van der Waals surface area contributed by atoms with Gasteiger partial charge in [-0.05, 0) is 31.2 Å². The molecule has 1 aromatic carbocycles. The largest absolute Gasteiger partial charge is 0.309 e. The third kappa shape index (κ3) is 3.92. The zero-order valence-electron chi connectivity index (χ0n) is 11.7. The molecular formula is C15H17Cl2N3. The highest BCUT2D eigenvalue weighted by atomic mass is 35.5. The summed E-state index contributed by atoms with van der Waals surface area (Å²) >= 11 is 12.0. The highest BCUT2D eigenvalue weighted by Gasteiger charge is 2.07. The van der Waals surface area contributed by atoms with E-state index in [4.69, 9.17) is 23.2 Å². The van der Waals surface area contributed by atoms with Crippen LogP contribution in [0.3, 0.4) is 0 Å². The van der Waals surface area contributed by atoms with E-state index in [2.05, 4.69) is 29.1 Å². The van der Waals surface area contributed by atoms with Crippen LogP contribution in [0.5, 0.6) is 0 Å². The first-order chi connectivity index (χ1) is 9.45. The van der Waals surface area contributed by atoms with Crippen molar-refractivity contribution in [1.82, 2.24) is 15.3 Å². The van der Waals surface area contributed by atoms with Crippen LogP contribution in [-0.2, 0) is 6.54 Å². The molecule has 106 valence electrons. The first-order valence-electron chi connectivity index (χ1n) is 6.49. The lowest BCUT2D eigenvalue weighted by molar-refractivity contribution is 0.580. The highest BCUT2D eigenvalue weighted by Crippen LogP contribution is 2.27. The van der Waals surface area contributed by atoms with Gasteiger partial charge in [0.25, 0.3) is 0 Å². The summed E-state index contributed by atoms with van der Waals surface area (Å²) in [6, 6.07) is 7.83. The van der Waals surface area contributed by atoms with Gasteiger partial charge in [0.05, 0.1) is 15.7 Å². The molecule has 5 heteroatoms. The van der Waals surface area contributed by atoms with Gasteiger partial charge in [0, 0.05) is 23.8 Å². The SMILES string of the molecule is Cc1cc(CNC(C)C)nc(-c2ccc(Cl)c(Cl)c2)n1. The van der Waals surface area contributed by atoms with Gasteiger partial charge in [-0.1, -0.05) is 37.0 Å². The average Bonchev–Trinajstić information content (AvgIpc) is 2.39. The molecule has 0 spiro atoms. The van der Waals surface area contributed by atoms with E-state index in [0.717, 1.165) is 23.5 Å². The number of hydrogen-bond acceptors (Lipinski definition) is 3. The second kappa shape index (κ2) is 6.53. The van der Waals surface area contributed by atoms with Gasteiger partial charge >= 0.3 is 0 Å². The van der Waals surface area contributed by atoms with Gasteiger partial charge in [0.1, 0.15) is 0 Å². The maximum atomic E-state index is 6.05. The standard InChI is InChI=1S/C15H17Cl2N3/c1-9(2)18-8-12-6-10(3)19-15(20-12)11-4-5-13(16)14(17)7-11/h4-7,9,18H,8H2,1-3H3. The van der Waals surface area contributed by atoms with Gasteiger partial charge in [-0.15, -0.1) is 0 Å². The quantitative estimate of drug-likeness (QED) is 0.917. The molecule has 0 aliphatic rings. The molecule has 1 N–H and O–H groups in total. The lowest BCUT2D eigenvalue weighted by Gasteiger charge is -2.10. The fourth-order valence-electron chi connectivity index (χ4n) is 1.80. The van der Waals surface area contributed by atoms with Crippen LogP contribution in [-0.4, -0.2) is 16.0 Å². The van der Waals surface area contributed by atoms with Gasteiger partial charge in [-0.25, -0.2) is 9.97 Å². The van der Waals surface area contributed by atoms with Crippen LogP contribution >= 0.6 is 23.2 Å². The molecule has 0 fully saturated rings. The first-order valence-corrected chi connectivity index (χ1v) is 7.24. The number of rotatable bonds is 4. The summed E-state index contributed by atoms with van der Waals surface area (Å²) in [6.07, 6.45) is 0. The normalized spacial score (nSPS) is 11.1. The molecule has 0 unspecified atom stereocenters. The molecule has 2 aromatic rings. The minimum absolute atomic E-state index is 0.415. The Morgan fingerprint density at radius 3 is 2.50 bits per heavy atom. The third-order valence-electron chi connectivity index (χ3n) is 2.78. The van der Waals surface area contributed by atoms with E-state index in [1.807, 2.05) is 19.1 Å². The van der Waals surface area contributed by atoms with Crippen molar-refractivity contribution in [2.75, 3.05) is 0 Å². The second-order valence-corrected chi connectivity index (χ2v) is 5.80. The van der Waals surface area contributed by atoms with E-state index in [1.165, 1.54) is 0 Å². The summed E-state index contributed by atoms with van der Waals surface area (Å²) in [4.78, 5) is 9.03. The predicted octanol–water partition coefficient (Wildman–Crippen LogP) is 4.26. The van der Waals surface area contributed by atoms with Crippen molar-refractivity contribution in [1.29, 1.82) is 0 Å². The summed E-state index contributed by atoms with van der Waals surface area (Å²) in [7, 11) is 0. The molecule has 0 aliphatic heterocycles. The van der Waals surface area contributed by atoms with Crippen molar-refractivity contribution in [3.8, 4) is 11.4 Å². The molecule has 2 rings (SSSR count). The number of nitrogens with one attached hydrogen (secondary N) is 1. The zero-order valence-corrected chi connectivity index (χ0v) is 13.3. The maximum Gasteiger partial charge on any atom is 0.159 e. The van der Waals surface area contributed by atoms with E-state index in [1.54, 1.807) is 12.1 Å². The Balaban J connectivity index is 2.33. The summed E-state index contributed by atoms with van der Waals surface area (Å²) in [5, 5.41) is 4.39. The fraction of sp³-hybridized carbons (Fsp3) is 0.333. The molecule has 0 saturated heterocycles. The molecule has 0 radical (unpaired) electrons. The summed E-state index contributed by atoms with van der Waals surface area (Å²) in [5.41, 5.74) is 2.77. The molecule has 0 saturated carbocycles. The van der Waals surface area contributed by atoms with E-state index < -0.39 is 0 Å². The van der Waals surface area contributed by atoms with Gasteiger partial charge in [-0.2, -0.15) is 0 Å². The van der Waals surface area contributed by atoms with E-state index in [-0.39, 0.29) is 0 Å². The number of benzene rings is 1. The van der Waals surface area contributed by atoms with E-state index >= 15 is 0 Å². The van der Waals surface area contributed by atoms with Crippen LogP contribution in [0, 0.1) is 6.92 Å². The van der Waals surface area contributed by atoms with Crippen molar-refractivity contribution in [3.05, 3.63) is 45.7 Å². The van der Waals surface area contributed by atoms with Crippen LogP contribution in [0.15, 0.2) is 24.3 Å². The van der Waals surface area contributed by atoms with Crippen LogP contribution in [0.25, 0.3) is 11.4 Å². The topological polar surface area (TPSA) is 37.8 Å². The minimum Gasteiger partial charge on any atom is -0.309 e. The number of aryl methyl sites for hydroxylation is 1. The van der Waals surface area contributed by atoms with E-state index in [9.17, 15) is 0 Å². The molecule has 0 aliphatic carbocycles. The van der Waals surface area contributed by atoms with Crippen molar-refractivity contribution in [2.24, 2.45) is 0 Å². The summed E-state index contributed by atoms with van der Waals surface area (Å²) in [5.74, 6) is 0.670. The Kier molecular flexibility index (Phi) is 4.97. The van der Waals surface area contributed by atoms with Gasteiger partial charge in [-0.3, -0.25) is 0 Å². The van der Waals surface area contributed by atoms with Gasteiger partial charge in [0.2, 0.25) is 0 Å². The molecule has 0 amide bonds. The molecule has 1 heterocycles. The predicted molar refractivity (Wildman–Crippen MR) is 84.2 cm³/mol. The summed E-state index contributed by atoms with van der Waals surface area (Å²) in [6.45, 7) is 6.89. The van der Waals surface area contributed by atoms with Crippen molar-refractivity contribution < 1.29 is 0 Å². The molecule has 0 bridgehead atoms. The number of halogens is 2. The van der Waals surface area contributed by atoms with Gasteiger partial charge < -0.3 is 5.32 Å². The van der Waals surface area contributed by atoms with Crippen LogP contribution < -0.4 is 5.32 Å². The zero-order chi connectivity index (χ0) is 14.7. The fourth-order valence-corrected chi connectivity index (χ4v) is 2.10. The number of aromatic nitrogens is 2. The maximum absolute atomic E-state index is 6.05. The Morgan fingerprint density at radius 1 is 1.10 bits per heavy atom. The van der Waals surface area contributed by atoms with Crippen LogP contribution in [0.2, 0.25) is 10.0 Å². The lowest BCUT2D eigenvalue weighted by Crippen LogP contribution is -2.22. The monoisotopic (exact) mass is 309 g/mol. The van der Waals surface area contributed by atoms with E-state index in [0.29, 0.717) is 21.9 Å². The van der Waals surface area contributed by atoms with Crippen LogP contribution in [0.4, 0.5) is 0 Å². The van der Waals surface area contributed by atoms with Crippen LogP contribution in [0.1, 0.15) is 25.2 Å². The molecule has 20 heavy (non-hydrogen) atoms. The minimum atomic E-state index is 0.415. The van der Waals surface area contributed by atoms with Gasteiger partial charge in [0.15, 0.2) is 5.82 Å². The first kappa shape index (κ1) is 15.2. The number of nitrogens with zero attached hydrogens (tertiary/aromatic N) is 2. The second-order valence-electron chi connectivity index (χ2n) is 4.99. The molecule has 1 aromatic heterocycles. The molecule has 0 atom stereocenters. The Labute approximate surface area is 129 Å². The Morgan fingerprint density at radius 2 is 1.85 bits per heavy atom. The van der Waals surface area contributed by atoms with Crippen molar-refractivity contribution in [2.45, 2.75) is 33.4 Å². The molecule has 3 nitrogen and oxygen atoms in total. The third-order valence-corrected chi connectivity index (χ3v) is 3.52. The molecular weight excluding hydrogens is 293 g/mol. The summed E-state index contributed by atoms with van der Waals surface area (Å²) < 4.78 is 0. The Bertz CT molecular complexity index is 612. The van der Waals surface area contributed by atoms with Crippen molar-refractivity contribution >= 4 is 23.2 Å². The van der Waals surface area contributed by atoms with Crippen molar-refractivity contribution in [3.63, 3.8) is 0 Å². The Hall–Kier alpha value is -1.16. The highest BCUT2D eigenvalue weighted by molar-refractivity contribution is 6.42.